The van der Waals surface area contributed by atoms with Crippen LogP contribution in [0.25, 0.3) is 21.3 Å². The van der Waals surface area contributed by atoms with Gasteiger partial charge in [-0.3, -0.25) is 4.79 Å². The maximum absolute atomic E-state index is 12.5. The second kappa shape index (κ2) is 10.4. The van der Waals surface area contributed by atoms with Gasteiger partial charge in [0.1, 0.15) is 6.61 Å². The summed E-state index contributed by atoms with van der Waals surface area (Å²) in [6, 6.07) is 5.98. The third-order valence-corrected chi connectivity index (χ3v) is 7.46. The van der Waals surface area contributed by atoms with Gasteiger partial charge in [0, 0.05) is 30.5 Å². The summed E-state index contributed by atoms with van der Waals surface area (Å²) in [5.74, 6) is 0.623. The average molecular weight is 483 g/mol. The summed E-state index contributed by atoms with van der Waals surface area (Å²) in [7, 11) is 0. The van der Waals surface area contributed by atoms with Crippen molar-refractivity contribution in [1.29, 1.82) is 0 Å². The smallest absolute Gasteiger partial charge is 0.229 e. The van der Waals surface area contributed by atoms with E-state index in [0.717, 1.165) is 66.5 Å². The van der Waals surface area contributed by atoms with Crippen molar-refractivity contribution >= 4 is 32.6 Å². The number of amides is 1. The highest BCUT2D eigenvalue weighted by Gasteiger charge is 2.35. The fourth-order valence-electron chi connectivity index (χ4n) is 4.43. The van der Waals surface area contributed by atoms with E-state index in [2.05, 4.69) is 27.2 Å². The number of nitrogens with one attached hydrogen (secondary N) is 1. The number of hydrogen-bond acceptors (Lipinski definition) is 8. The zero-order valence-electron chi connectivity index (χ0n) is 19.3. The molecule has 2 N–H and O–H groups in total. The number of aliphatic hydroxyl groups excluding tert-OH is 1. The molecular weight excluding hydrogens is 452 g/mol. The summed E-state index contributed by atoms with van der Waals surface area (Å²) >= 11 is 1.47. The fourth-order valence-corrected chi connectivity index (χ4v) is 5.33. The molecule has 2 saturated carbocycles. The van der Waals surface area contributed by atoms with Gasteiger partial charge in [-0.25, -0.2) is 15.0 Å². The highest BCUT2D eigenvalue weighted by molar-refractivity contribution is 7.22. The van der Waals surface area contributed by atoms with Crippen molar-refractivity contribution in [2.24, 2.45) is 5.92 Å². The molecule has 180 valence electrons. The predicted octanol–water partition coefficient (Wildman–Crippen LogP) is 4.33. The molecule has 2 aromatic heterocycles. The van der Waals surface area contributed by atoms with E-state index in [9.17, 15) is 9.90 Å². The van der Waals surface area contributed by atoms with E-state index in [1.807, 2.05) is 18.2 Å². The summed E-state index contributed by atoms with van der Waals surface area (Å²) in [4.78, 5) is 25.9. The van der Waals surface area contributed by atoms with E-state index in [0.29, 0.717) is 17.6 Å². The number of thiazole rings is 1. The first-order chi connectivity index (χ1) is 16.6. The molecule has 3 aromatic rings. The number of carbonyl (C=O) groups is 1. The molecule has 0 radical (unpaired) electrons. The summed E-state index contributed by atoms with van der Waals surface area (Å²) < 4.78 is 12.5. The number of anilines is 1. The minimum absolute atomic E-state index is 0.000930. The SMILES string of the molecule is CCCO[C@H]1C[C@@H](C(=O)Nc2nc3ccc(-c4cnc(CO[C@H]5CCC[C@@H]5O)nc4)cc3s2)C1. The molecule has 1 aromatic carbocycles. The van der Waals surface area contributed by atoms with Crippen LogP contribution in [0.3, 0.4) is 0 Å². The number of aromatic nitrogens is 3. The van der Waals surface area contributed by atoms with Crippen molar-refractivity contribution < 1.29 is 19.4 Å². The lowest BCUT2D eigenvalue weighted by atomic mass is 9.81. The minimum atomic E-state index is -0.384. The molecule has 2 aliphatic carbocycles. The highest BCUT2D eigenvalue weighted by Crippen LogP contribution is 2.34. The van der Waals surface area contributed by atoms with Gasteiger partial charge < -0.3 is 19.9 Å². The summed E-state index contributed by atoms with van der Waals surface area (Å²) in [5, 5.41) is 13.5. The maximum atomic E-state index is 12.5. The Morgan fingerprint density at radius 1 is 1.18 bits per heavy atom. The normalized spacial score (nSPS) is 24.3. The molecule has 2 fully saturated rings. The Balaban J connectivity index is 1.18. The molecule has 5 rings (SSSR count). The summed E-state index contributed by atoms with van der Waals surface area (Å²) in [6.07, 6.45) is 8.51. The van der Waals surface area contributed by atoms with Gasteiger partial charge >= 0.3 is 0 Å². The number of fused-ring (bicyclic) bond motifs is 1. The Bertz CT molecular complexity index is 1130. The molecule has 2 atom stereocenters. The van der Waals surface area contributed by atoms with Gasteiger partial charge in [-0.15, -0.1) is 0 Å². The number of benzene rings is 1. The lowest BCUT2D eigenvalue weighted by Crippen LogP contribution is -2.39. The highest BCUT2D eigenvalue weighted by atomic mass is 32.1. The van der Waals surface area contributed by atoms with E-state index in [4.69, 9.17) is 9.47 Å². The van der Waals surface area contributed by atoms with Crippen LogP contribution >= 0.6 is 11.3 Å². The van der Waals surface area contributed by atoms with E-state index in [1.165, 1.54) is 11.3 Å². The second-order valence-corrected chi connectivity index (χ2v) is 10.1. The molecule has 8 nitrogen and oxygen atoms in total. The van der Waals surface area contributed by atoms with E-state index in [1.54, 1.807) is 12.4 Å². The van der Waals surface area contributed by atoms with Crippen LogP contribution in [-0.2, 0) is 20.9 Å². The Kier molecular flexibility index (Phi) is 7.15. The van der Waals surface area contributed by atoms with E-state index in [-0.39, 0.29) is 30.1 Å². The maximum Gasteiger partial charge on any atom is 0.229 e. The zero-order valence-corrected chi connectivity index (χ0v) is 20.1. The van der Waals surface area contributed by atoms with Crippen molar-refractivity contribution in [2.45, 2.75) is 70.4 Å². The van der Waals surface area contributed by atoms with E-state index < -0.39 is 0 Å². The Hall–Kier alpha value is -2.46. The van der Waals surface area contributed by atoms with Crippen molar-refractivity contribution in [1.82, 2.24) is 15.0 Å². The largest absolute Gasteiger partial charge is 0.390 e. The molecule has 34 heavy (non-hydrogen) atoms. The van der Waals surface area contributed by atoms with Gasteiger partial charge in [0.15, 0.2) is 11.0 Å². The van der Waals surface area contributed by atoms with Crippen LogP contribution in [0.4, 0.5) is 5.13 Å². The summed E-state index contributed by atoms with van der Waals surface area (Å²) in [5.41, 5.74) is 2.74. The molecule has 2 aliphatic rings. The quantitative estimate of drug-likeness (QED) is 0.468. The second-order valence-electron chi connectivity index (χ2n) is 9.09. The first kappa shape index (κ1) is 23.3. The Morgan fingerprint density at radius 2 is 2.00 bits per heavy atom. The molecule has 0 unspecified atom stereocenters. The predicted molar refractivity (Wildman–Crippen MR) is 130 cm³/mol. The lowest BCUT2D eigenvalue weighted by molar-refractivity contribution is -0.128. The van der Waals surface area contributed by atoms with Gasteiger partial charge in [-0.1, -0.05) is 24.3 Å². The van der Waals surface area contributed by atoms with Crippen LogP contribution in [0.15, 0.2) is 30.6 Å². The zero-order chi connectivity index (χ0) is 23.5. The van der Waals surface area contributed by atoms with Crippen LogP contribution in [0.5, 0.6) is 0 Å². The van der Waals surface area contributed by atoms with E-state index >= 15 is 0 Å². The van der Waals surface area contributed by atoms with Crippen LogP contribution in [0.2, 0.25) is 0 Å². The molecule has 2 heterocycles. The minimum Gasteiger partial charge on any atom is -0.390 e. The van der Waals surface area contributed by atoms with Crippen molar-refractivity contribution in [3.05, 3.63) is 36.4 Å². The van der Waals surface area contributed by atoms with Crippen molar-refractivity contribution in [2.75, 3.05) is 11.9 Å². The molecule has 0 spiro atoms. The number of ether oxygens (including phenoxy) is 2. The standard InChI is InChI=1S/C25H30N4O4S/c1-2-8-32-18-9-16(10-18)24(31)29-25-28-19-7-6-15(11-22(19)34-25)17-12-26-23(27-13-17)14-33-21-5-3-4-20(21)30/h6-7,11-13,16,18,20-21,30H,2-5,8-10,14H2,1H3,(H,28,29,31)/t16-,18+,20-,21-/m0/s1. The Labute approximate surface area is 202 Å². The van der Waals surface area contributed by atoms with Crippen LogP contribution < -0.4 is 5.32 Å². The number of hydrogen-bond donors (Lipinski definition) is 2. The number of nitrogens with zero attached hydrogens (tertiary/aromatic N) is 3. The third kappa shape index (κ3) is 5.27. The topological polar surface area (TPSA) is 106 Å². The molecule has 9 heteroatoms. The number of carbonyl (C=O) groups excluding carboxylic acids is 1. The van der Waals surface area contributed by atoms with Crippen molar-refractivity contribution in [3.8, 4) is 11.1 Å². The van der Waals surface area contributed by atoms with Gasteiger partial charge in [-0.05, 0) is 56.2 Å². The lowest BCUT2D eigenvalue weighted by Gasteiger charge is -2.33. The van der Waals surface area contributed by atoms with Crippen LogP contribution in [0, 0.1) is 5.92 Å². The van der Waals surface area contributed by atoms with Crippen LogP contribution in [0.1, 0.15) is 51.3 Å². The first-order valence-electron chi connectivity index (χ1n) is 12.0. The van der Waals surface area contributed by atoms with Gasteiger partial charge in [0.25, 0.3) is 0 Å². The summed E-state index contributed by atoms with van der Waals surface area (Å²) in [6.45, 7) is 3.14. The number of aliphatic hydroxyl groups is 1. The monoisotopic (exact) mass is 482 g/mol. The Morgan fingerprint density at radius 3 is 2.74 bits per heavy atom. The van der Waals surface area contributed by atoms with Gasteiger partial charge in [0.2, 0.25) is 5.91 Å². The first-order valence-corrected chi connectivity index (χ1v) is 12.8. The van der Waals surface area contributed by atoms with Crippen molar-refractivity contribution in [3.63, 3.8) is 0 Å². The molecule has 0 bridgehead atoms. The molecular formula is C25H30N4O4S. The molecule has 1 amide bonds. The van der Waals surface area contributed by atoms with Gasteiger partial charge in [-0.2, -0.15) is 0 Å². The molecule has 0 aliphatic heterocycles. The van der Waals surface area contributed by atoms with Gasteiger partial charge in [0.05, 0.1) is 28.5 Å². The molecule has 0 saturated heterocycles. The van der Waals surface area contributed by atoms with Crippen LogP contribution in [-0.4, -0.2) is 50.9 Å². The average Bonchev–Trinajstić information content (AvgIpc) is 3.41. The fraction of sp³-hybridized carbons (Fsp3) is 0.520. The number of rotatable bonds is 9. The third-order valence-electron chi connectivity index (χ3n) is 6.52.